The fraction of sp³-hybridized carbons (Fsp3) is 0.500. The molecule has 0 unspecified atom stereocenters. The van der Waals surface area contributed by atoms with Crippen molar-refractivity contribution in [2.45, 2.75) is 20.3 Å². The van der Waals surface area contributed by atoms with E-state index in [4.69, 9.17) is 0 Å². The number of rotatable bonds is 5. The average molecular weight is 221 g/mol. The van der Waals surface area contributed by atoms with Crippen LogP contribution in [0.15, 0.2) is 18.5 Å². The van der Waals surface area contributed by atoms with E-state index in [9.17, 15) is 4.79 Å². The van der Waals surface area contributed by atoms with E-state index >= 15 is 0 Å². The van der Waals surface area contributed by atoms with E-state index in [1.165, 1.54) is 0 Å². The fourth-order valence-electron chi connectivity index (χ4n) is 1.62. The fourth-order valence-corrected chi connectivity index (χ4v) is 1.62. The Morgan fingerprint density at radius 2 is 2.25 bits per heavy atom. The van der Waals surface area contributed by atoms with Crippen molar-refractivity contribution < 1.29 is 4.79 Å². The highest BCUT2D eigenvalue weighted by Gasteiger charge is 2.16. The Morgan fingerprint density at radius 3 is 2.81 bits per heavy atom. The molecule has 1 amide bonds. The molecule has 0 bridgehead atoms. The lowest BCUT2D eigenvalue weighted by atomic mass is 10.2. The molecule has 0 spiro atoms. The maximum Gasteiger partial charge on any atom is 0.256 e. The maximum atomic E-state index is 12.2. The normalized spacial score (nSPS) is 9.94. The highest BCUT2D eigenvalue weighted by molar-refractivity contribution is 5.99. The van der Waals surface area contributed by atoms with Crippen LogP contribution in [0.4, 0.5) is 5.69 Å². The van der Waals surface area contributed by atoms with Crippen LogP contribution in [0.2, 0.25) is 0 Å². The highest BCUT2D eigenvalue weighted by Crippen LogP contribution is 2.15. The van der Waals surface area contributed by atoms with Crippen LogP contribution in [0.3, 0.4) is 0 Å². The summed E-state index contributed by atoms with van der Waals surface area (Å²) in [7, 11) is 1.80. The number of carbonyl (C=O) groups is 1. The van der Waals surface area contributed by atoms with Crippen molar-refractivity contribution in [2.75, 3.05) is 25.5 Å². The van der Waals surface area contributed by atoms with Crippen molar-refractivity contribution in [3.63, 3.8) is 0 Å². The monoisotopic (exact) mass is 221 g/mol. The Balaban J connectivity index is 2.93. The summed E-state index contributed by atoms with van der Waals surface area (Å²) in [6, 6.07) is 1.76. The molecule has 88 valence electrons. The summed E-state index contributed by atoms with van der Waals surface area (Å²) in [5.41, 5.74) is 1.47. The largest absolute Gasteiger partial charge is 0.386 e. The Labute approximate surface area is 96.7 Å². The number of aromatic nitrogens is 1. The van der Waals surface area contributed by atoms with Crippen LogP contribution in [-0.2, 0) is 0 Å². The molecule has 1 aromatic heterocycles. The van der Waals surface area contributed by atoms with Gasteiger partial charge >= 0.3 is 0 Å². The molecule has 0 fully saturated rings. The van der Waals surface area contributed by atoms with Gasteiger partial charge in [-0.25, -0.2) is 0 Å². The van der Waals surface area contributed by atoms with Gasteiger partial charge in [0.2, 0.25) is 0 Å². The Bertz CT molecular complexity index is 352. The minimum atomic E-state index is 0.0658. The number of pyridine rings is 1. The summed E-state index contributed by atoms with van der Waals surface area (Å²) in [6.45, 7) is 5.59. The summed E-state index contributed by atoms with van der Waals surface area (Å²) < 4.78 is 0. The smallest absolute Gasteiger partial charge is 0.256 e. The van der Waals surface area contributed by atoms with Crippen molar-refractivity contribution >= 4 is 11.6 Å². The molecule has 0 aromatic carbocycles. The van der Waals surface area contributed by atoms with Crippen LogP contribution in [0.5, 0.6) is 0 Å². The van der Waals surface area contributed by atoms with Crippen LogP contribution >= 0.6 is 0 Å². The molecule has 1 N–H and O–H groups in total. The van der Waals surface area contributed by atoms with E-state index in [0.717, 1.165) is 25.2 Å². The van der Waals surface area contributed by atoms with E-state index in [1.54, 1.807) is 25.5 Å². The molecule has 1 aromatic rings. The van der Waals surface area contributed by atoms with Crippen molar-refractivity contribution in [1.82, 2.24) is 9.88 Å². The summed E-state index contributed by atoms with van der Waals surface area (Å²) in [4.78, 5) is 18.0. The lowest BCUT2D eigenvalue weighted by Gasteiger charge is -2.21. The molecule has 0 radical (unpaired) electrons. The third kappa shape index (κ3) is 2.72. The predicted octanol–water partition coefficient (Wildman–Crippen LogP) is 2.00. The zero-order valence-corrected chi connectivity index (χ0v) is 10.2. The second-order valence-corrected chi connectivity index (χ2v) is 3.56. The Hall–Kier alpha value is -1.58. The highest BCUT2D eigenvalue weighted by atomic mass is 16.2. The molecule has 0 aliphatic carbocycles. The van der Waals surface area contributed by atoms with Crippen LogP contribution in [0, 0.1) is 0 Å². The van der Waals surface area contributed by atoms with Gasteiger partial charge < -0.3 is 10.2 Å². The quantitative estimate of drug-likeness (QED) is 0.827. The molecule has 16 heavy (non-hydrogen) atoms. The molecule has 0 atom stereocenters. The first kappa shape index (κ1) is 12.5. The van der Waals surface area contributed by atoms with Crippen LogP contribution in [0.25, 0.3) is 0 Å². The van der Waals surface area contributed by atoms with E-state index in [2.05, 4.69) is 17.2 Å². The number of amides is 1. The number of hydrogen-bond acceptors (Lipinski definition) is 3. The second-order valence-electron chi connectivity index (χ2n) is 3.56. The molecule has 4 heteroatoms. The Kier molecular flexibility index (Phi) is 4.76. The maximum absolute atomic E-state index is 12.2. The molecule has 1 heterocycles. The zero-order chi connectivity index (χ0) is 12.0. The van der Waals surface area contributed by atoms with Crippen molar-refractivity contribution in [2.24, 2.45) is 0 Å². The van der Waals surface area contributed by atoms with Gasteiger partial charge in [-0.2, -0.15) is 0 Å². The summed E-state index contributed by atoms with van der Waals surface area (Å²) in [5, 5.41) is 2.99. The van der Waals surface area contributed by atoms with Crippen LogP contribution in [-0.4, -0.2) is 35.9 Å². The topological polar surface area (TPSA) is 45.2 Å². The molecular formula is C12H19N3O. The third-order valence-corrected chi connectivity index (χ3v) is 2.48. The predicted molar refractivity (Wildman–Crippen MR) is 65.7 cm³/mol. The molecule has 0 saturated heterocycles. The zero-order valence-electron chi connectivity index (χ0n) is 10.2. The van der Waals surface area contributed by atoms with Crippen molar-refractivity contribution in [1.29, 1.82) is 0 Å². The van der Waals surface area contributed by atoms with E-state index in [0.29, 0.717) is 5.56 Å². The van der Waals surface area contributed by atoms with Gasteiger partial charge in [-0.3, -0.25) is 9.78 Å². The lowest BCUT2D eigenvalue weighted by Crippen LogP contribution is -2.32. The van der Waals surface area contributed by atoms with Gasteiger partial charge in [0.05, 0.1) is 17.4 Å². The minimum Gasteiger partial charge on any atom is -0.386 e. The van der Waals surface area contributed by atoms with Gasteiger partial charge in [-0.15, -0.1) is 0 Å². The third-order valence-electron chi connectivity index (χ3n) is 2.48. The SMILES string of the molecule is CCCN(CC)C(=O)c1ccncc1NC. The second kappa shape index (κ2) is 6.10. The molecule has 1 rings (SSSR count). The lowest BCUT2D eigenvalue weighted by molar-refractivity contribution is 0.0765. The Morgan fingerprint density at radius 1 is 1.50 bits per heavy atom. The van der Waals surface area contributed by atoms with E-state index < -0.39 is 0 Å². The number of nitrogens with one attached hydrogen (secondary N) is 1. The van der Waals surface area contributed by atoms with E-state index in [-0.39, 0.29) is 5.91 Å². The van der Waals surface area contributed by atoms with Gasteiger partial charge in [0.1, 0.15) is 0 Å². The summed E-state index contributed by atoms with van der Waals surface area (Å²) >= 11 is 0. The standard InChI is InChI=1S/C12H19N3O/c1-4-8-15(5-2)12(16)10-6-7-14-9-11(10)13-3/h6-7,9,13H,4-5,8H2,1-3H3. The van der Waals surface area contributed by atoms with Gasteiger partial charge in [0, 0.05) is 26.3 Å². The van der Waals surface area contributed by atoms with Gasteiger partial charge in [-0.05, 0) is 19.4 Å². The summed E-state index contributed by atoms with van der Waals surface area (Å²) in [6.07, 6.45) is 4.29. The van der Waals surface area contributed by atoms with Gasteiger partial charge in [0.15, 0.2) is 0 Å². The van der Waals surface area contributed by atoms with Crippen molar-refractivity contribution in [3.8, 4) is 0 Å². The molecule has 0 saturated carbocycles. The van der Waals surface area contributed by atoms with Crippen molar-refractivity contribution in [3.05, 3.63) is 24.0 Å². The van der Waals surface area contributed by atoms with Crippen LogP contribution in [0.1, 0.15) is 30.6 Å². The number of nitrogens with zero attached hydrogens (tertiary/aromatic N) is 2. The first-order chi connectivity index (χ1) is 7.74. The minimum absolute atomic E-state index is 0.0658. The first-order valence-corrected chi connectivity index (χ1v) is 5.65. The summed E-state index contributed by atoms with van der Waals surface area (Å²) in [5.74, 6) is 0.0658. The molecule has 0 aliphatic rings. The first-order valence-electron chi connectivity index (χ1n) is 5.65. The van der Waals surface area contributed by atoms with Gasteiger partial charge in [0.25, 0.3) is 5.91 Å². The van der Waals surface area contributed by atoms with E-state index in [1.807, 2.05) is 11.8 Å². The van der Waals surface area contributed by atoms with Gasteiger partial charge in [-0.1, -0.05) is 6.92 Å². The molecular weight excluding hydrogens is 202 g/mol. The average Bonchev–Trinajstić information content (AvgIpc) is 2.35. The number of anilines is 1. The number of hydrogen-bond donors (Lipinski definition) is 1. The van der Waals surface area contributed by atoms with Crippen LogP contribution < -0.4 is 5.32 Å². The molecule has 0 aliphatic heterocycles. The molecule has 4 nitrogen and oxygen atoms in total. The number of carbonyl (C=O) groups excluding carboxylic acids is 1.